The largest absolute Gasteiger partial charge is 0.488 e. The normalized spacial score (nSPS) is 12.3. The molecule has 0 amide bonds. The van der Waals surface area contributed by atoms with Crippen LogP contribution in [-0.2, 0) is 24.9 Å². The summed E-state index contributed by atoms with van der Waals surface area (Å²) < 4.78 is 11.4. The number of ether oxygens (including phenoxy) is 1. The number of carbonyl (C=O) groups is 1. The number of para-hydroxylation sites is 1. The van der Waals surface area contributed by atoms with Gasteiger partial charge in [-0.15, -0.1) is 5.10 Å². The van der Waals surface area contributed by atoms with Gasteiger partial charge in [0.15, 0.2) is 0 Å². The summed E-state index contributed by atoms with van der Waals surface area (Å²) in [7, 11) is 0. The first-order valence-corrected chi connectivity index (χ1v) is 15.1. The van der Waals surface area contributed by atoms with E-state index in [-0.39, 0.29) is 22.8 Å². The predicted molar refractivity (Wildman–Crippen MR) is 176 cm³/mol. The molecule has 1 aromatic heterocycles. The molecule has 0 bridgehead atoms. The molecule has 5 aromatic rings. The van der Waals surface area contributed by atoms with Gasteiger partial charge in [-0.2, -0.15) is 0 Å². The van der Waals surface area contributed by atoms with Crippen molar-refractivity contribution in [2.75, 3.05) is 0 Å². The first kappa shape index (κ1) is 31.3. The fourth-order valence-corrected chi connectivity index (χ4v) is 5.12. The van der Waals surface area contributed by atoms with Crippen molar-refractivity contribution in [3.8, 4) is 17.2 Å². The molecule has 0 spiro atoms. The van der Waals surface area contributed by atoms with Gasteiger partial charge in [0.2, 0.25) is 5.89 Å². The van der Waals surface area contributed by atoms with E-state index < -0.39 is 11.7 Å². The predicted octanol–water partition coefficient (Wildman–Crippen LogP) is 8.11. The van der Waals surface area contributed by atoms with E-state index in [0.717, 1.165) is 52.8 Å². The van der Waals surface area contributed by atoms with Gasteiger partial charge in [-0.05, 0) is 83.2 Å². The van der Waals surface area contributed by atoms with Crippen molar-refractivity contribution in [3.05, 3.63) is 147 Å². The van der Waals surface area contributed by atoms with E-state index in [1.807, 2.05) is 54.6 Å². The van der Waals surface area contributed by atoms with Gasteiger partial charge in [-0.3, -0.25) is 0 Å². The van der Waals surface area contributed by atoms with Crippen molar-refractivity contribution in [1.82, 2.24) is 10.2 Å². The maximum atomic E-state index is 11.4. The third-order valence-electron chi connectivity index (χ3n) is 7.82. The number of aryl methyl sites for hydroxylation is 1. The lowest BCUT2D eigenvalue weighted by Gasteiger charge is -2.19. The number of aromatic nitrogens is 2. The number of carboxylic acids is 1. The van der Waals surface area contributed by atoms with Gasteiger partial charge in [-0.25, -0.2) is 14.7 Å². The molecule has 230 valence electrons. The lowest BCUT2D eigenvalue weighted by Crippen LogP contribution is -2.10. The fourth-order valence-electron chi connectivity index (χ4n) is 5.12. The molecular formula is C38H38N2O5. The van der Waals surface area contributed by atoms with Gasteiger partial charge in [0, 0.05) is 11.1 Å². The van der Waals surface area contributed by atoms with Gasteiger partial charge in [0.1, 0.15) is 12.4 Å². The molecule has 0 aliphatic carbocycles. The molecule has 1 atom stereocenters. The Balaban J connectivity index is 1.31. The lowest BCUT2D eigenvalue weighted by atomic mass is 9.87. The van der Waals surface area contributed by atoms with Crippen LogP contribution in [0, 0.1) is 5.92 Å². The highest BCUT2D eigenvalue weighted by atomic mass is 16.5. The number of hydrogen-bond acceptors (Lipinski definition) is 5. The molecule has 1 heterocycles. The Morgan fingerprint density at radius 2 is 1.58 bits per heavy atom. The molecular weight excluding hydrogens is 564 g/mol. The fraction of sp³-hybridized carbons (Fsp3) is 0.237. The smallest absolute Gasteiger partial charge is 0.434 e. The Bertz CT molecular complexity index is 1790. The highest BCUT2D eigenvalue weighted by molar-refractivity contribution is 5.87. The zero-order chi connectivity index (χ0) is 31.8. The van der Waals surface area contributed by atoms with Gasteiger partial charge in [0.25, 0.3) is 0 Å². The summed E-state index contributed by atoms with van der Waals surface area (Å²) in [6, 6.07) is 31.6. The van der Waals surface area contributed by atoms with Gasteiger partial charge >= 0.3 is 11.7 Å². The van der Waals surface area contributed by atoms with E-state index in [1.54, 1.807) is 12.1 Å². The second-order valence-corrected chi connectivity index (χ2v) is 12.3. The number of H-pyrrole nitrogens is 1. The number of carboxylic acid groups (broad SMARTS) is 1. The molecule has 0 aliphatic rings. The summed E-state index contributed by atoms with van der Waals surface area (Å²) in [5.41, 5.74) is 6.75. The zero-order valence-electron chi connectivity index (χ0n) is 25.8. The van der Waals surface area contributed by atoms with Crippen LogP contribution in [0.25, 0.3) is 17.5 Å². The summed E-state index contributed by atoms with van der Waals surface area (Å²) in [5.74, 6) is -0.242. The molecule has 0 fully saturated rings. The van der Waals surface area contributed by atoms with Crippen LogP contribution in [0.3, 0.4) is 0 Å². The minimum absolute atomic E-state index is 0.106. The third-order valence-corrected chi connectivity index (χ3v) is 7.82. The average Bonchev–Trinajstić information content (AvgIpc) is 3.48. The molecule has 0 saturated carbocycles. The van der Waals surface area contributed by atoms with Crippen molar-refractivity contribution < 1.29 is 19.1 Å². The maximum Gasteiger partial charge on any atom is 0.434 e. The number of nitrogens with one attached hydrogen (secondary N) is 1. The summed E-state index contributed by atoms with van der Waals surface area (Å²) in [6.07, 6.45) is 6.81. The molecule has 7 nitrogen and oxygen atoms in total. The molecule has 4 aromatic carbocycles. The van der Waals surface area contributed by atoms with Crippen LogP contribution in [-0.4, -0.2) is 21.3 Å². The van der Waals surface area contributed by atoms with Crippen LogP contribution in [0.15, 0.2) is 112 Å². The molecule has 0 aliphatic heterocycles. The number of allylic oxidation sites excluding steroid dienone is 1. The van der Waals surface area contributed by atoms with Crippen molar-refractivity contribution in [1.29, 1.82) is 0 Å². The van der Waals surface area contributed by atoms with E-state index >= 15 is 0 Å². The Morgan fingerprint density at radius 1 is 0.911 bits per heavy atom. The summed E-state index contributed by atoms with van der Waals surface area (Å²) in [6.45, 7) is 7.10. The number of aromatic amines is 1. The number of benzene rings is 4. The standard InChI is InChI=1S/C38H38N2O5/c1-38(2,3)33-22-15-29(16-23-33)25-44-34-7-5-4-6-30(34)17-12-27(9-8-26-10-20-32(21-11-26)36(41)42)24-28-13-18-31(19-14-28)35-39-40-37(43)45-35/h4-7,10-23,27H,8-9,24-25H2,1-3H3,(H,40,43)(H,41,42)/b17-12+. The number of hydrogen-bond donors (Lipinski definition) is 2. The Kier molecular flexibility index (Phi) is 9.78. The molecule has 0 radical (unpaired) electrons. The minimum atomic E-state index is -0.928. The average molecular weight is 603 g/mol. The van der Waals surface area contributed by atoms with Crippen molar-refractivity contribution in [3.63, 3.8) is 0 Å². The van der Waals surface area contributed by atoms with E-state index in [0.29, 0.717) is 6.61 Å². The molecule has 45 heavy (non-hydrogen) atoms. The van der Waals surface area contributed by atoms with Crippen LogP contribution < -0.4 is 10.5 Å². The highest BCUT2D eigenvalue weighted by Gasteiger charge is 2.14. The molecule has 2 N–H and O–H groups in total. The minimum Gasteiger partial charge on any atom is -0.488 e. The molecule has 0 saturated heterocycles. The second-order valence-electron chi connectivity index (χ2n) is 12.3. The maximum absolute atomic E-state index is 11.4. The molecule has 7 heteroatoms. The van der Waals surface area contributed by atoms with Crippen LogP contribution in [0.5, 0.6) is 5.75 Å². The van der Waals surface area contributed by atoms with Crippen molar-refractivity contribution in [2.45, 2.75) is 52.1 Å². The molecule has 5 rings (SSSR count). The summed E-state index contributed by atoms with van der Waals surface area (Å²) >= 11 is 0. The van der Waals surface area contributed by atoms with Crippen LogP contribution in [0.2, 0.25) is 0 Å². The zero-order valence-corrected chi connectivity index (χ0v) is 25.8. The van der Waals surface area contributed by atoms with Crippen LogP contribution in [0.1, 0.15) is 65.4 Å². The van der Waals surface area contributed by atoms with Gasteiger partial charge < -0.3 is 14.3 Å². The topological polar surface area (TPSA) is 105 Å². The van der Waals surface area contributed by atoms with E-state index in [4.69, 9.17) is 9.15 Å². The first-order valence-electron chi connectivity index (χ1n) is 15.1. The van der Waals surface area contributed by atoms with Gasteiger partial charge in [0.05, 0.1) is 5.56 Å². The summed E-state index contributed by atoms with van der Waals surface area (Å²) in [5, 5.41) is 15.5. The van der Waals surface area contributed by atoms with Crippen molar-refractivity contribution >= 4 is 12.0 Å². The van der Waals surface area contributed by atoms with Crippen LogP contribution in [0.4, 0.5) is 0 Å². The second kappa shape index (κ2) is 14.1. The number of aromatic carboxylic acids is 1. The Hall–Kier alpha value is -5.17. The quantitative estimate of drug-likeness (QED) is 0.149. The lowest BCUT2D eigenvalue weighted by molar-refractivity contribution is 0.0697. The Labute approximate surface area is 263 Å². The van der Waals surface area contributed by atoms with E-state index in [1.165, 1.54) is 5.56 Å². The molecule has 1 unspecified atom stereocenters. The SMILES string of the molecule is CC(C)(C)c1ccc(COc2ccccc2/C=C/C(CCc2ccc(C(=O)O)cc2)Cc2ccc(-c3n[nH]c(=O)o3)cc2)cc1. The first-order chi connectivity index (χ1) is 21.6. The third kappa shape index (κ3) is 8.70. The van der Waals surface area contributed by atoms with E-state index in [2.05, 4.69) is 73.5 Å². The highest BCUT2D eigenvalue weighted by Crippen LogP contribution is 2.26. The Morgan fingerprint density at radius 3 is 2.22 bits per heavy atom. The van der Waals surface area contributed by atoms with E-state index in [9.17, 15) is 14.7 Å². The van der Waals surface area contributed by atoms with Crippen LogP contribution >= 0.6 is 0 Å². The van der Waals surface area contributed by atoms with Gasteiger partial charge in [-0.1, -0.05) is 99.7 Å². The monoisotopic (exact) mass is 602 g/mol. The number of rotatable bonds is 12. The summed E-state index contributed by atoms with van der Waals surface area (Å²) in [4.78, 5) is 22.6. The van der Waals surface area contributed by atoms with Crippen molar-refractivity contribution in [2.24, 2.45) is 5.92 Å². The number of nitrogens with zero attached hydrogens (tertiary/aromatic N) is 1.